The molecule has 2 rings (SSSR count). The molecule has 0 radical (unpaired) electrons. The standard InChI is InChI=1S/C15H16ClN3O2/c1-9-13(10(2)19-15(21)18-9)7-14(20)17-8-11-4-3-5-12(16)6-11/h3-6H,7-8H2,1-2H3,(H,17,20)(H,18,19,21). The first-order valence-corrected chi connectivity index (χ1v) is 6.91. The van der Waals surface area contributed by atoms with Crippen molar-refractivity contribution in [2.45, 2.75) is 26.8 Å². The van der Waals surface area contributed by atoms with E-state index < -0.39 is 5.69 Å². The number of aromatic amines is 1. The largest absolute Gasteiger partial charge is 0.352 e. The van der Waals surface area contributed by atoms with Crippen molar-refractivity contribution in [2.75, 3.05) is 0 Å². The average molecular weight is 306 g/mol. The van der Waals surface area contributed by atoms with Crippen LogP contribution in [-0.2, 0) is 17.8 Å². The van der Waals surface area contributed by atoms with E-state index in [1.54, 1.807) is 26.0 Å². The summed E-state index contributed by atoms with van der Waals surface area (Å²) < 4.78 is 0. The van der Waals surface area contributed by atoms with Crippen molar-refractivity contribution in [3.63, 3.8) is 0 Å². The van der Waals surface area contributed by atoms with Crippen LogP contribution in [0.2, 0.25) is 5.02 Å². The van der Waals surface area contributed by atoms with Crippen LogP contribution in [-0.4, -0.2) is 15.9 Å². The molecule has 0 unspecified atom stereocenters. The van der Waals surface area contributed by atoms with Gasteiger partial charge in [-0.05, 0) is 31.5 Å². The monoisotopic (exact) mass is 305 g/mol. The molecular formula is C15H16ClN3O2. The maximum absolute atomic E-state index is 12.0. The van der Waals surface area contributed by atoms with Gasteiger partial charge in [0.15, 0.2) is 0 Å². The topological polar surface area (TPSA) is 74.8 Å². The molecule has 0 fully saturated rings. The van der Waals surface area contributed by atoms with Crippen LogP contribution in [0.25, 0.3) is 0 Å². The SMILES string of the molecule is Cc1nc(=O)[nH]c(C)c1CC(=O)NCc1cccc(Cl)c1. The molecule has 0 saturated carbocycles. The summed E-state index contributed by atoms with van der Waals surface area (Å²) in [5.74, 6) is -0.130. The molecule has 0 spiro atoms. The highest BCUT2D eigenvalue weighted by molar-refractivity contribution is 6.30. The molecule has 0 aliphatic rings. The summed E-state index contributed by atoms with van der Waals surface area (Å²) in [6.45, 7) is 3.89. The molecule has 6 heteroatoms. The second-order valence-corrected chi connectivity index (χ2v) is 5.25. The van der Waals surface area contributed by atoms with Gasteiger partial charge in [0.1, 0.15) is 0 Å². The second kappa shape index (κ2) is 6.54. The zero-order chi connectivity index (χ0) is 15.4. The number of aromatic nitrogens is 2. The van der Waals surface area contributed by atoms with Gasteiger partial charge in [-0.2, -0.15) is 4.98 Å². The fourth-order valence-electron chi connectivity index (χ4n) is 2.09. The van der Waals surface area contributed by atoms with Crippen molar-refractivity contribution in [1.82, 2.24) is 15.3 Å². The van der Waals surface area contributed by atoms with Crippen molar-refractivity contribution in [1.29, 1.82) is 0 Å². The van der Waals surface area contributed by atoms with Crippen LogP contribution < -0.4 is 11.0 Å². The predicted octanol–water partition coefficient (Wildman–Crippen LogP) is 1.90. The summed E-state index contributed by atoms with van der Waals surface area (Å²) in [5, 5.41) is 3.46. The number of benzene rings is 1. The quantitative estimate of drug-likeness (QED) is 0.906. The molecule has 1 heterocycles. The first kappa shape index (κ1) is 15.3. The summed E-state index contributed by atoms with van der Waals surface area (Å²) in [4.78, 5) is 29.6. The van der Waals surface area contributed by atoms with E-state index in [0.29, 0.717) is 23.0 Å². The number of H-pyrrole nitrogens is 1. The third-order valence-corrected chi connectivity index (χ3v) is 3.40. The number of aryl methyl sites for hydroxylation is 2. The average Bonchev–Trinajstić information content (AvgIpc) is 2.40. The van der Waals surface area contributed by atoms with Crippen molar-refractivity contribution in [3.05, 3.63) is 62.3 Å². The molecule has 21 heavy (non-hydrogen) atoms. The number of hydrogen-bond acceptors (Lipinski definition) is 3. The number of nitrogens with zero attached hydrogens (tertiary/aromatic N) is 1. The first-order chi connectivity index (χ1) is 9.95. The maximum atomic E-state index is 12.0. The van der Waals surface area contributed by atoms with Crippen LogP contribution in [0.15, 0.2) is 29.1 Å². The molecule has 2 N–H and O–H groups in total. The Morgan fingerprint density at radius 2 is 2.14 bits per heavy atom. The Morgan fingerprint density at radius 3 is 2.81 bits per heavy atom. The Morgan fingerprint density at radius 1 is 1.38 bits per heavy atom. The summed E-state index contributed by atoms with van der Waals surface area (Å²) in [5.41, 5.74) is 2.54. The van der Waals surface area contributed by atoms with Gasteiger partial charge in [-0.15, -0.1) is 0 Å². The molecule has 1 aromatic carbocycles. The zero-order valence-corrected chi connectivity index (χ0v) is 12.6. The minimum atomic E-state index is -0.395. The van der Waals surface area contributed by atoms with Crippen molar-refractivity contribution in [2.24, 2.45) is 0 Å². The lowest BCUT2D eigenvalue weighted by molar-refractivity contribution is -0.120. The normalized spacial score (nSPS) is 10.4. The summed E-state index contributed by atoms with van der Waals surface area (Å²) in [6.07, 6.45) is 0.183. The van der Waals surface area contributed by atoms with Gasteiger partial charge in [0.05, 0.1) is 6.42 Å². The van der Waals surface area contributed by atoms with E-state index in [2.05, 4.69) is 15.3 Å². The van der Waals surface area contributed by atoms with Gasteiger partial charge in [0.2, 0.25) is 5.91 Å². The van der Waals surface area contributed by atoms with Crippen molar-refractivity contribution >= 4 is 17.5 Å². The molecule has 0 bridgehead atoms. The van der Waals surface area contributed by atoms with Crippen LogP contribution >= 0.6 is 11.6 Å². The van der Waals surface area contributed by atoms with Gasteiger partial charge in [-0.1, -0.05) is 23.7 Å². The highest BCUT2D eigenvalue weighted by atomic mass is 35.5. The Bertz CT molecular complexity index is 699. The van der Waals surface area contributed by atoms with E-state index in [9.17, 15) is 9.59 Å². The highest BCUT2D eigenvalue weighted by Gasteiger charge is 2.10. The Balaban J connectivity index is 2.01. The molecule has 110 valence electrons. The number of hydrogen-bond donors (Lipinski definition) is 2. The molecule has 5 nitrogen and oxygen atoms in total. The van der Waals surface area contributed by atoms with Gasteiger partial charge >= 0.3 is 5.69 Å². The van der Waals surface area contributed by atoms with E-state index in [0.717, 1.165) is 11.1 Å². The highest BCUT2D eigenvalue weighted by Crippen LogP contribution is 2.11. The fraction of sp³-hybridized carbons (Fsp3) is 0.267. The van der Waals surface area contributed by atoms with Crippen LogP contribution in [0.1, 0.15) is 22.5 Å². The molecule has 1 aromatic heterocycles. The molecule has 0 saturated heterocycles. The molecule has 0 aliphatic carbocycles. The number of carbonyl (C=O) groups excluding carboxylic acids is 1. The summed E-state index contributed by atoms with van der Waals surface area (Å²) in [6, 6.07) is 7.32. The number of amides is 1. The molecule has 1 amide bonds. The lowest BCUT2D eigenvalue weighted by Gasteiger charge is -2.09. The van der Waals surface area contributed by atoms with Crippen molar-refractivity contribution in [3.8, 4) is 0 Å². The van der Waals surface area contributed by atoms with Crippen LogP contribution in [0.4, 0.5) is 0 Å². The summed E-state index contributed by atoms with van der Waals surface area (Å²) >= 11 is 5.89. The number of nitrogens with one attached hydrogen (secondary N) is 2. The molecule has 0 atom stereocenters. The van der Waals surface area contributed by atoms with Gasteiger partial charge in [0.25, 0.3) is 0 Å². The Kier molecular flexibility index (Phi) is 4.75. The molecular weight excluding hydrogens is 290 g/mol. The number of rotatable bonds is 4. The van der Waals surface area contributed by atoms with E-state index in [1.807, 2.05) is 12.1 Å². The Labute approximate surface area is 127 Å². The van der Waals surface area contributed by atoms with Gasteiger partial charge < -0.3 is 10.3 Å². The van der Waals surface area contributed by atoms with Crippen LogP contribution in [0.3, 0.4) is 0 Å². The van der Waals surface area contributed by atoms with E-state index in [4.69, 9.17) is 11.6 Å². The second-order valence-electron chi connectivity index (χ2n) is 4.81. The predicted molar refractivity (Wildman–Crippen MR) is 81.3 cm³/mol. The van der Waals surface area contributed by atoms with Crippen molar-refractivity contribution < 1.29 is 4.79 Å². The first-order valence-electron chi connectivity index (χ1n) is 6.53. The smallest absolute Gasteiger partial charge is 0.345 e. The van der Waals surface area contributed by atoms with Crippen LogP contribution in [0.5, 0.6) is 0 Å². The number of carbonyl (C=O) groups is 1. The lowest BCUT2D eigenvalue weighted by atomic mass is 10.1. The van der Waals surface area contributed by atoms with Gasteiger partial charge in [-0.3, -0.25) is 4.79 Å². The third kappa shape index (κ3) is 4.16. The zero-order valence-electron chi connectivity index (χ0n) is 11.9. The van der Waals surface area contributed by atoms with E-state index >= 15 is 0 Å². The fourth-order valence-corrected chi connectivity index (χ4v) is 2.30. The van der Waals surface area contributed by atoms with Crippen LogP contribution in [0, 0.1) is 13.8 Å². The molecule has 0 aliphatic heterocycles. The van der Waals surface area contributed by atoms with E-state index in [1.165, 1.54) is 0 Å². The third-order valence-electron chi connectivity index (χ3n) is 3.17. The van der Waals surface area contributed by atoms with Gasteiger partial charge in [0, 0.05) is 28.5 Å². The minimum Gasteiger partial charge on any atom is -0.352 e. The van der Waals surface area contributed by atoms with E-state index in [-0.39, 0.29) is 12.3 Å². The summed E-state index contributed by atoms with van der Waals surface area (Å²) in [7, 11) is 0. The maximum Gasteiger partial charge on any atom is 0.345 e. The Hall–Kier alpha value is -2.14. The minimum absolute atomic E-state index is 0.130. The van der Waals surface area contributed by atoms with Gasteiger partial charge in [-0.25, -0.2) is 4.79 Å². The molecule has 2 aromatic rings. The lowest BCUT2D eigenvalue weighted by Crippen LogP contribution is -2.26. The number of halogens is 1.